The van der Waals surface area contributed by atoms with Crippen LogP contribution in [-0.4, -0.2) is 36.6 Å². The average molecular weight is 244 g/mol. The Morgan fingerprint density at radius 2 is 2.00 bits per heavy atom. The van der Waals surface area contributed by atoms with Crippen LogP contribution in [0, 0.1) is 5.92 Å². The highest BCUT2D eigenvalue weighted by Gasteiger charge is 2.43. The second-order valence-corrected chi connectivity index (χ2v) is 6.12. The first-order valence-corrected chi connectivity index (χ1v) is 7.28. The van der Waals surface area contributed by atoms with Crippen molar-refractivity contribution in [2.45, 2.75) is 38.3 Å². The molecule has 2 heteroatoms. The SMILES string of the molecule is CC(C)C1CN(C2CC2c2ccccc2)CCN1. The van der Waals surface area contributed by atoms with Gasteiger partial charge >= 0.3 is 0 Å². The van der Waals surface area contributed by atoms with Crippen molar-refractivity contribution < 1.29 is 0 Å². The Balaban J connectivity index is 1.61. The molecule has 0 bridgehead atoms. The third-order valence-electron chi connectivity index (χ3n) is 4.49. The van der Waals surface area contributed by atoms with Crippen LogP contribution in [0.2, 0.25) is 0 Å². The Hall–Kier alpha value is -0.860. The number of hydrogen-bond acceptors (Lipinski definition) is 2. The first kappa shape index (κ1) is 12.2. The minimum absolute atomic E-state index is 0.677. The molecular formula is C16H24N2. The van der Waals surface area contributed by atoms with E-state index in [-0.39, 0.29) is 0 Å². The third-order valence-corrected chi connectivity index (χ3v) is 4.49. The lowest BCUT2D eigenvalue weighted by atomic mass is 10.0. The van der Waals surface area contributed by atoms with Crippen molar-refractivity contribution in [3.63, 3.8) is 0 Å². The molecule has 98 valence electrons. The predicted octanol–water partition coefficient (Wildman–Crippen LogP) is 2.47. The maximum absolute atomic E-state index is 3.64. The summed E-state index contributed by atoms with van der Waals surface area (Å²) in [5.41, 5.74) is 1.53. The van der Waals surface area contributed by atoms with Crippen molar-refractivity contribution in [1.82, 2.24) is 10.2 Å². The van der Waals surface area contributed by atoms with Crippen LogP contribution in [0.1, 0.15) is 31.7 Å². The quantitative estimate of drug-likeness (QED) is 0.878. The zero-order valence-electron chi connectivity index (χ0n) is 11.5. The summed E-state index contributed by atoms with van der Waals surface area (Å²) in [6.07, 6.45) is 1.36. The molecule has 2 fully saturated rings. The van der Waals surface area contributed by atoms with Gasteiger partial charge in [0.05, 0.1) is 0 Å². The summed E-state index contributed by atoms with van der Waals surface area (Å²) in [5, 5.41) is 3.64. The smallest absolute Gasteiger partial charge is 0.0218 e. The topological polar surface area (TPSA) is 15.3 Å². The number of hydrogen-bond donors (Lipinski definition) is 1. The maximum atomic E-state index is 3.64. The van der Waals surface area contributed by atoms with E-state index in [4.69, 9.17) is 0 Å². The molecule has 1 N–H and O–H groups in total. The Kier molecular flexibility index (Phi) is 3.40. The normalized spacial score (nSPS) is 32.7. The van der Waals surface area contributed by atoms with Crippen molar-refractivity contribution in [1.29, 1.82) is 0 Å². The fraction of sp³-hybridized carbons (Fsp3) is 0.625. The van der Waals surface area contributed by atoms with E-state index in [0.717, 1.165) is 24.4 Å². The Morgan fingerprint density at radius 1 is 1.22 bits per heavy atom. The zero-order valence-corrected chi connectivity index (χ0v) is 11.5. The molecule has 1 aliphatic heterocycles. The molecule has 0 amide bonds. The van der Waals surface area contributed by atoms with Gasteiger partial charge in [0.15, 0.2) is 0 Å². The minimum Gasteiger partial charge on any atom is -0.311 e. The van der Waals surface area contributed by atoms with E-state index in [0.29, 0.717) is 6.04 Å². The fourth-order valence-corrected chi connectivity index (χ4v) is 3.19. The lowest BCUT2D eigenvalue weighted by molar-refractivity contribution is 0.165. The summed E-state index contributed by atoms with van der Waals surface area (Å²) in [6, 6.07) is 12.5. The molecule has 3 unspecified atom stereocenters. The highest BCUT2D eigenvalue weighted by molar-refractivity contribution is 5.28. The second kappa shape index (κ2) is 5.02. The van der Waals surface area contributed by atoms with Crippen LogP contribution in [-0.2, 0) is 0 Å². The summed E-state index contributed by atoms with van der Waals surface area (Å²) in [4.78, 5) is 2.71. The Morgan fingerprint density at radius 3 is 2.72 bits per heavy atom. The van der Waals surface area contributed by atoms with E-state index in [9.17, 15) is 0 Å². The van der Waals surface area contributed by atoms with Crippen molar-refractivity contribution >= 4 is 0 Å². The molecule has 2 aliphatic rings. The molecule has 1 aromatic rings. The molecule has 1 saturated carbocycles. The van der Waals surface area contributed by atoms with Gasteiger partial charge in [-0.05, 0) is 17.9 Å². The number of nitrogens with zero attached hydrogens (tertiary/aromatic N) is 1. The first-order chi connectivity index (χ1) is 8.75. The van der Waals surface area contributed by atoms with Crippen molar-refractivity contribution in [2.24, 2.45) is 5.92 Å². The van der Waals surface area contributed by atoms with Gasteiger partial charge in [0.2, 0.25) is 0 Å². The summed E-state index contributed by atoms with van der Waals surface area (Å²) >= 11 is 0. The average Bonchev–Trinajstić information content (AvgIpc) is 3.20. The number of nitrogens with one attached hydrogen (secondary N) is 1. The highest BCUT2D eigenvalue weighted by Crippen LogP contribution is 2.44. The van der Waals surface area contributed by atoms with Crippen molar-refractivity contribution in [3.05, 3.63) is 35.9 Å². The summed E-state index contributed by atoms with van der Waals surface area (Å²) < 4.78 is 0. The van der Waals surface area contributed by atoms with E-state index in [2.05, 4.69) is 54.4 Å². The summed E-state index contributed by atoms with van der Waals surface area (Å²) in [6.45, 7) is 8.25. The number of benzene rings is 1. The summed E-state index contributed by atoms with van der Waals surface area (Å²) in [5.74, 6) is 1.53. The van der Waals surface area contributed by atoms with Crippen molar-refractivity contribution in [3.8, 4) is 0 Å². The van der Waals surface area contributed by atoms with Crippen LogP contribution >= 0.6 is 0 Å². The molecule has 1 aromatic carbocycles. The molecule has 1 heterocycles. The lowest BCUT2D eigenvalue weighted by Gasteiger charge is -2.36. The molecule has 18 heavy (non-hydrogen) atoms. The van der Waals surface area contributed by atoms with E-state index in [1.807, 2.05) is 0 Å². The van der Waals surface area contributed by atoms with Gasteiger partial charge in [0.1, 0.15) is 0 Å². The van der Waals surface area contributed by atoms with Gasteiger partial charge in [-0.1, -0.05) is 44.2 Å². The lowest BCUT2D eigenvalue weighted by Crippen LogP contribution is -2.53. The standard InChI is InChI=1S/C16H24N2/c1-12(2)15-11-18(9-8-17-15)16-10-14(16)13-6-4-3-5-7-13/h3-7,12,14-17H,8-11H2,1-2H3. The first-order valence-electron chi connectivity index (χ1n) is 7.28. The second-order valence-electron chi connectivity index (χ2n) is 6.12. The summed E-state index contributed by atoms with van der Waals surface area (Å²) in [7, 11) is 0. The Bertz CT molecular complexity index is 387. The van der Waals surface area contributed by atoms with E-state index in [1.54, 1.807) is 0 Å². The maximum Gasteiger partial charge on any atom is 0.0218 e. The van der Waals surface area contributed by atoms with Crippen LogP contribution in [0.4, 0.5) is 0 Å². The molecule has 3 rings (SSSR count). The van der Waals surface area contributed by atoms with Gasteiger partial charge in [-0.15, -0.1) is 0 Å². The molecule has 1 aliphatic carbocycles. The highest BCUT2D eigenvalue weighted by atomic mass is 15.2. The van der Waals surface area contributed by atoms with Gasteiger partial charge in [-0.25, -0.2) is 0 Å². The van der Waals surface area contributed by atoms with Gasteiger partial charge in [-0.3, -0.25) is 4.90 Å². The van der Waals surface area contributed by atoms with E-state index < -0.39 is 0 Å². The van der Waals surface area contributed by atoms with E-state index >= 15 is 0 Å². The van der Waals surface area contributed by atoms with Crippen molar-refractivity contribution in [2.75, 3.05) is 19.6 Å². The molecule has 0 spiro atoms. The van der Waals surface area contributed by atoms with Gasteiger partial charge in [0, 0.05) is 37.6 Å². The third kappa shape index (κ3) is 2.45. The number of piperazine rings is 1. The molecule has 0 radical (unpaired) electrons. The Labute approximate surface area is 110 Å². The molecular weight excluding hydrogens is 220 g/mol. The van der Waals surface area contributed by atoms with Gasteiger partial charge < -0.3 is 5.32 Å². The van der Waals surface area contributed by atoms with Crippen LogP contribution in [0.15, 0.2) is 30.3 Å². The monoisotopic (exact) mass is 244 g/mol. The molecule has 2 nitrogen and oxygen atoms in total. The van der Waals surface area contributed by atoms with Crippen LogP contribution in [0.25, 0.3) is 0 Å². The predicted molar refractivity (Wildman–Crippen MR) is 75.8 cm³/mol. The zero-order chi connectivity index (χ0) is 12.5. The molecule has 1 saturated heterocycles. The van der Waals surface area contributed by atoms with Crippen LogP contribution in [0.5, 0.6) is 0 Å². The van der Waals surface area contributed by atoms with Gasteiger partial charge in [0.25, 0.3) is 0 Å². The minimum atomic E-state index is 0.677. The van der Waals surface area contributed by atoms with Crippen LogP contribution < -0.4 is 5.32 Å². The molecule has 3 atom stereocenters. The largest absolute Gasteiger partial charge is 0.311 e. The molecule has 0 aromatic heterocycles. The van der Waals surface area contributed by atoms with Gasteiger partial charge in [-0.2, -0.15) is 0 Å². The van der Waals surface area contributed by atoms with E-state index in [1.165, 1.54) is 25.1 Å². The number of rotatable bonds is 3. The van der Waals surface area contributed by atoms with Crippen LogP contribution in [0.3, 0.4) is 0 Å². The fourth-order valence-electron chi connectivity index (χ4n) is 3.19.